The average Bonchev–Trinajstić information content (AvgIpc) is 3.69. The minimum absolute atomic E-state index is 0.253. The molecule has 2 aliphatic heterocycles. The van der Waals surface area contributed by atoms with E-state index in [9.17, 15) is 4.79 Å². The van der Waals surface area contributed by atoms with Gasteiger partial charge in [-0.15, -0.1) is 0 Å². The number of nitrogens with one attached hydrogen (secondary N) is 2. The molecule has 37 heavy (non-hydrogen) atoms. The average molecular weight is 519 g/mol. The molecule has 11 heteroatoms. The molecule has 4 aromatic rings. The van der Waals surface area contributed by atoms with Crippen LogP contribution in [0.5, 0.6) is 0 Å². The van der Waals surface area contributed by atoms with Gasteiger partial charge in [-0.2, -0.15) is 21.3 Å². The number of morpholine rings is 1. The summed E-state index contributed by atoms with van der Waals surface area (Å²) in [7, 11) is 0. The standard InChI is InChI=1S/C26H30N8O2S/c35-22-3-1-10-33(22)11-2-9-27-26-30-24(23-25(31-26)34(18-28-23)21-8-16-37-17-21)29-19-4-6-20(7-5-19)32-12-14-36-15-13-32/h4-8,16-18H,1-3,9-15H2,(H2,27,29,30,31). The highest BCUT2D eigenvalue weighted by atomic mass is 32.1. The minimum atomic E-state index is 0.253. The Kier molecular flexibility index (Phi) is 6.87. The van der Waals surface area contributed by atoms with Crippen LogP contribution in [0.25, 0.3) is 16.9 Å². The predicted molar refractivity (Wildman–Crippen MR) is 146 cm³/mol. The lowest BCUT2D eigenvalue weighted by atomic mass is 10.2. The summed E-state index contributed by atoms with van der Waals surface area (Å²) in [6.45, 7) is 5.61. The lowest BCUT2D eigenvalue weighted by molar-refractivity contribution is -0.127. The summed E-state index contributed by atoms with van der Waals surface area (Å²) in [5, 5.41) is 10.9. The number of thiophene rings is 1. The number of hydrogen-bond acceptors (Lipinski definition) is 9. The predicted octanol–water partition coefficient (Wildman–Crippen LogP) is 3.88. The minimum Gasteiger partial charge on any atom is -0.378 e. The van der Waals surface area contributed by atoms with Gasteiger partial charge >= 0.3 is 0 Å². The molecule has 0 bridgehead atoms. The zero-order valence-corrected chi connectivity index (χ0v) is 21.4. The van der Waals surface area contributed by atoms with Gasteiger partial charge in [0.25, 0.3) is 0 Å². The number of carbonyl (C=O) groups is 1. The first-order chi connectivity index (χ1) is 18.2. The van der Waals surface area contributed by atoms with Gasteiger partial charge in [0.2, 0.25) is 11.9 Å². The summed E-state index contributed by atoms with van der Waals surface area (Å²) in [6, 6.07) is 10.4. The van der Waals surface area contributed by atoms with Gasteiger partial charge in [0, 0.05) is 55.9 Å². The molecule has 192 valence electrons. The summed E-state index contributed by atoms with van der Waals surface area (Å²) in [5.74, 6) is 1.43. The van der Waals surface area contributed by atoms with Crippen molar-refractivity contribution in [3.05, 3.63) is 47.4 Å². The number of likely N-dealkylation sites (tertiary alicyclic amines) is 1. The first kappa shape index (κ1) is 23.7. The third kappa shape index (κ3) is 5.23. The summed E-state index contributed by atoms with van der Waals surface area (Å²) >= 11 is 1.63. The van der Waals surface area contributed by atoms with Crippen LogP contribution in [-0.4, -0.2) is 76.3 Å². The third-order valence-corrected chi connectivity index (χ3v) is 7.42. The molecular formula is C26H30N8O2S. The van der Waals surface area contributed by atoms with Crippen LogP contribution < -0.4 is 15.5 Å². The molecule has 0 saturated carbocycles. The van der Waals surface area contributed by atoms with Crippen LogP contribution in [0.3, 0.4) is 0 Å². The van der Waals surface area contributed by atoms with Crippen LogP contribution in [0.4, 0.5) is 23.1 Å². The molecule has 5 heterocycles. The van der Waals surface area contributed by atoms with E-state index in [0.29, 0.717) is 30.2 Å². The number of aromatic nitrogens is 4. The van der Waals surface area contributed by atoms with E-state index in [-0.39, 0.29) is 5.91 Å². The van der Waals surface area contributed by atoms with Crippen molar-refractivity contribution in [3.63, 3.8) is 0 Å². The lowest BCUT2D eigenvalue weighted by Crippen LogP contribution is -2.36. The Balaban J connectivity index is 1.22. The Morgan fingerprint density at radius 2 is 1.89 bits per heavy atom. The molecule has 0 atom stereocenters. The molecular weight excluding hydrogens is 488 g/mol. The van der Waals surface area contributed by atoms with Crippen molar-refractivity contribution in [2.24, 2.45) is 0 Å². The van der Waals surface area contributed by atoms with Gasteiger partial charge in [-0.05, 0) is 48.6 Å². The van der Waals surface area contributed by atoms with Crippen LogP contribution >= 0.6 is 11.3 Å². The van der Waals surface area contributed by atoms with Crippen molar-refractivity contribution in [1.82, 2.24) is 24.4 Å². The van der Waals surface area contributed by atoms with Gasteiger partial charge < -0.3 is 25.2 Å². The molecule has 2 aliphatic rings. The van der Waals surface area contributed by atoms with Crippen molar-refractivity contribution in [2.75, 3.05) is 61.5 Å². The largest absolute Gasteiger partial charge is 0.378 e. The summed E-state index contributed by atoms with van der Waals surface area (Å²) in [4.78, 5) is 30.4. The van der Waals surface area contributed by atoms with Crippen molar-refractivity contribution < 1.29 is 9.53 Å². The van der Waals surface area contributed by atoms with Gasteiger partial charge in [0.15, 0.2) is 17.0 Å². The number of hydrogen-bond donors (Lipinski definition) is 2. The molecule has 2 N–H and O–H groups in total. The van der Waals surface area contributed by atoms with Crippen LogP contribution in [0, 0.1) is 0 Å². The molecule has 0 radical (unpaired) electrons. The van der Waals surface area contributed by atoms with E-state index in [1.807, 2.05) is 20.9 Å². The Hall–Kier alpha value is -3.70. The van der Waals surface area contributed by atoms with Gasteiger partial charge in [-0.3, -0.25) is 9.36 Å². The SMILES string of the molecule is O=C1CCCN1CCCNc1nc(Nc2ccc(N3CCOCC3)cc2)c2ncn(-c3ccsc3)c2n1. The molecule has 0 aliphatic carbocycles. The molecule has 1 amide bonds. The highest BCUT2D eigenvalue weighted by molar-refractivity contribution is 7.08. The van der Waals surface area contributed by atoms with Crippen molar-refractivity contribution in [2.45, 2.75) is 19.3 Å². The van der Waals surface area contributed by atoms with Crippen LogP contribution in [0.15, 0.2) is 47.4 Å². The molecule has 10 nitrogen and oxygen atoms in total. The lowest BCUT2D eigenvalue weighted by Gasteiger charge is -2.28. The van der Waals surface area contributed by atoms with E-state index in [4.69, 9.17) is 14.7 Å². The van der Waals surface area contributed by atoms with E-state index in [1.54, 1.807) is 17.7 Å². The molecule has 2 fully saturated rings. The first-order valence-corrected chi connectivity index (χ1v) is 13.7. The highest BCUT2D eigenvalue weighted by Gasteiger charge is 2.19. The Morgan fingerprint density at radius 3 is 2.65 bits per heavy atom. The summed E-state index contributed by atoms with van der Waals surface area (Å²) in [5.41, 5.74) is 4.57. The molecule has 6 rings (SSSR count). The summed E-state index contributed by atoms with van der Waals surface area (Å²) < 4.78 is 7.45. The second-order valence-electron chi connectivity index (χ2n) is 9.20. The van der Waals surface area contributed by atoms with Crippen LogP contribution in [-0.2, 0) is 9.53 Å². The smallest absolute Gasteiger partial charge is 0.226 e. The fourth-order valence-corrected chi connectivity index (χ4v) is 5.40. The zero-order chi connectivity index (χ0) is 25.0. The number of rotatable bonds is 9. The van der Waals surface area contributed by atoms with E-state index >= 15 is 0 Å². The van der Waals surface area contributed by atoms with Gasteiger partial charge in [0.05, 0.1) is 18.9 Å². The van der Waals surface area contributed by atoms with Gasteiger partial charge in [-0.1, -0.05) is 0 Å². The topological polar surface area (TPSA) is 100 Å². The van der Waals surface area contributed by atoms with Gasteiger partial charge in [-0.25, -0.2) is 4.98 Å². The molecule has 0 spiro atoms. The second-order valence-corrected chi connectivity index (χ2v) is 9.98. The number of fused-ring (bicyclic) bond motifs is 1. The van der Waals surface area contributed by atoms with E-state index in [0.717, 1.165) is 69.3 Å². The molecule has 0 unspecified atom stereocenters. The van der Waals surface area contributed by atoms with Crippen LogP contribution in [0.2, 0.25) is 0 Å². The number of amides is 1. The maximum Gasteiger partial charge on any atom is 0.226 e. The normalized spacial score (nSPS) is 16.1. The monoisotopic (exact) mass is 518 g/mol. The number of carbonyl (C=O) groups excluding carboxylic acids is 1. The second kappa shape index (κ2) is 10.7. The quantitative estimate of drug-likeness (QED) is 0.322. The number of ether oxygens (including phenoxy) is 1. The van der Waals surface area contributed by atoms with E-state index in [1.165, 1.54) is 5.69 Å². The maximum atomic E-state index is 11.9. The Morgan fingerprint density at radius 1 is 1.03 bits per heavy atom. The number of imidazole rings is 1. The molecule has 2 saturated heterocycles. The third-order valence-electron chi connectivity index (χ3n) is 6.75. The Labute approximate surface area is 219 Å². The first-order valence-electron chi connectivity index (χ1n) is 12.7. The van der Waals surface area contributed by atoms with Crippen molar-refractivity contribution in [1.29, 1.82) is 0 Å². The molecule has 1 aromatic carbocycles. The van der Waals surface area contributed by atoms with Crippen molar-refractivity contribution in [3.8, 4) is 5.69 Å². The maximum absolute atomic E-state index is 11.9. The molecule has 3 aromatic heterocycles. The van der Waals surface area contributed by atoms with E-state index < -0.39 is 0 Å². The number of anilines is 4. The van der Waals surface area contributed by atoms with Gasteiger partial charge in [0.1, 0.15) is 6.33 Å². The fraction of sp³-hybridized carbons (Fsp3) is 0.385. The summed E-state index contributed by atoms with van der Waals surface area (Å²) in [6.07, 6.45) is 4.25. The fourth-order valence-electron chi connectivity index (χ4n) is 4.77. The number of benzene rings is 1. The van der Waals surface area contributed by atoms with Crippen molar-refractivity contribution >= 4 is 51.5 Å². The zero-order valence-electron chi connectivity index (χ0n) is 20.6. The highest BCUT2D eigenvalue weighted by Crippen LogP contribution is 2.28. The number of nitrogens with zero attached hydrogens (tertiary/aromatic N) is 6. The van der Waals surface area contributed by atoms with E-state index in [2.05, 4.69) is 50.2 Å². The van der Waals surface area contributed by atoms with Crippen LogP contribution in [0.1, 0.15) is 19.3 Å². The Bertz CT molecular complexity index is 1350.